The molecule has 0 bridgehead atoms. The first kappa shape index (κ1) is 33.0. The number of anilines is 2. The van der Waals surface area contributed by atoms with Gasteiger partial charge in [-0.2, -0.15) is 0 Å². The van der Waals surface area contributed by atoms with E-state index < -0.39 is 5.41 Å². The molecule has 0 fully saturated rings. The smallest absolute Gasteiger partial charge is 0.0760 e. The summed E-state index contributed by atoms with van der Waals surface area (Å²) in [5.74, 6) is 0. The summed E-state index contributed by atoms with van der Waals surface area (Å²) >= 11 is 1.94. The third kappa shape index (κ3) is 4.44. The highest BCUT2D eigenvalue weighted by atomic mass is 32.2. The van der Waals surface area contributed by atoms with Gasteiger partial charge in [-0.05, 0) is 108 Å². The maximum atomic E-state index is 2.54. The molecule has 4 heteroatoms. The molecule has 2 aliphatic heterocycles. The molecule has 59 heavy (non-hydrogen) atoms. The highest BCUT2D eigenvalue weighted by molar-refractivity contribution is 7.99. The maximum absolute atomic E-state index is 2.54. The Morgan fingerprint density at radius 1 is 0.458 bits per heavy atom. The molecule has 0 saturated carbocycles. The average Bonchev–Trinajstić information content (AvgIpc) is 3.82. The van der Waals surface area contributed by atoms with Gasteiger partial charge in [-0.15, -0.1) is 0 Å². The second-order valence-corrected chi connectivity index (χ2v) is 17.0. The number of benzene rings is 8. The number of para-hydroxylation sites is 5. The van der Waals surface area contributed by atoms with Gasteiger partial charge in [0.15, 0.2) is 0 Å². The summed E-state index contributed by atoms with van der Waals surface area (Å²) in [5, 5.41) is 5.09. The lowest BCUT2D eigenvalue weighted by Crippen LogP contribution is -2.42. The zero-order valence-electron chi connectivity index (χ0n) is 32.2. The van der Waals surface area contributed by atoms with Gasteiger partial charge in [0.1, 0.15) is 0 Å². The van der Waals surface area contributed by atoms with Crippen molar-refractivity contribution in [1.82, 2.24) is 9.13 Å². The Labute approximate surface area is 346 Å². The van der Waals surface area contributed by atoms with E-state index in [4.69, 9.17) is 0 Å². The molecule has 3 aliphatic rings. The lowest BCUT2D eigenvalue weighted by atomic mass is 9.60. The molecule has 0 radical (unpaired) electrons. The van der Waals surface area contributed by atoms with E-state index in [0.29, 0.717) is 0 Å². The van der Waals surface area contributed by atoms with Crippen LogP contribution in [0.3, 0.4) is 0 Å². The van der Waals surface area contributed by atoms with Gasteiger partial charge < -0.3 is 14.0 Å². The van der Waals surface area contributed by atoms with Crippen LogP contribution in [-0.2, 0) is 5.41 Å². The fourth-order valence-corrected chi connectivity index (χ4v) is 12.1. The van der Waals surface area contributed by atoms with Gasteiger partial charge in [0.2, 0.25) is 0 Å². The minimum Gasteiger partial charge on any atom is -0.314 e. The van der Waals surface area contributed by atoms with Crippen LogP contribution >= 0.6 is 11.8 Å². The van der Waals surface area contributed by atoms with Crippen molar-refractivity contribution in [3.05, 3.63) is 228 Å². The molecule has 10 aromatic rings. The maximum Gasteiger partial charge on any atom is 0.0760 e. The van der Waals surface area contributed by atoms with Crippen LogP contribution in [0, 0.1) is 0 Å². The van der Waals surface area contributed by atoms with Crippen LogP contribution in [0.1, 0.15) is 29.5 Å². The van der Waals surface area contributed by atoms with Crippen LogP contribution in [0.4, 0.5) is 11.4 Å². The van der Waals surface area contributed by atoms with Crippen molar-refractivity contribution in [2.45, 2.75) is 28.0 Å². The van der Waals surface area contributed by atoms with Gasteiger partial charge in [-0.1, -0.05) is 139 Å². The molecule has 0 saturated heterocycles. The molecule has 1 atom stereocenters. The Morgan fingerprint density at radius 2 is 1.08 bits per heavy atom. The molecular weight excluding hydrogens is 735 g/mol. The summed E-state index contributed by atoms with van der Waals surface area (Å²) in [5.41, 5.74) is 16.0. The molecule has 0 amide bonds. The van der Waals surface area contributed by atoms with E-state index in [9.17, 15) is 0 Å². The summed E-state index contributed by atoms with van der Waals surface area (Å²) in [6, 6.07) is 69.8. The standard InChI is InChI=1S/C55H37N3S/c1-3-17-36(18-4-1)56-46-26-12-7-21-39(46)41-35-38(31-33-48(41)56)58-47-27-13-8-22-40(47)53-51(58)34-32-45-54(53)59-52-30-16-11-25-44(52)55(45)42-23-9-14-28-49(42)57(37-19-5-2-6-20-37)50-29-15-10-24-43(50)55/h1-14,16-28,30-35H,15,29H2. The molecule has 278 valence electrons. The summed E-state index contributed by atoms with van der Waals surface area (Å²) in [6.45, 7) is 0. The summed E-state index contributed by atoms with van der Waals surface area (Å²) in [7, 11) is 0. The fourth-order valence-electron chi connectivity index (χ4n) is 10.7. The van der Waals surface area contributed by atoms with E-state index in [2.05, 4.69) is 214 Å². The fraction of sp³-hybridized carbons (Fsp3) is 0.0545. The van der Waals surface area contributed by atoms with E-state index >= 15 is 0 Å². The van der Waals surface area contributed by atoms with Crippen LogP contribution in [-0.4, -0.2) is 9.13 Å². The SMILES string of the molecule is C1=CC2=C(CC1)N(c1ccccc1)c1ccccc1C21c2ccccc2Sc2c1ccc1c2c2ccccc2n1-c1ccc2c(c1)c1ccccc1n2-c1ccccc1. The van der Waals surface area contributed by atoms with E-state index in [0.717, 1.165) is 18.5 Å². The van der Waals surface area contributed by atoms with Gasteiger partial charge >= 0.3 is 0 Å². The Bertz CT molecular complexity index is 3420. The molecule has 3 nitrogen and oxygen atoms in total. The van der Waals surface area contributed by atoms with Crippen molar-refractivity contribution in [3.8, 4) is 11.4 Å². The van der Waals surface area contributed by atoms with E-state index in [1.807, 2.05) is 11.8 Å². The van der Waals surface area contributed by atoms with Crippen molar-refractivity contribution in [3.63, 3.8) is 0 Å². The van der Waals surface area contributed by atoms with E-state index in [1.54, 1.807) is 0 Å². The van der Waals surface area contributed by atoms with Crippen LogP contribution < -0.4 is 4.90 Å². The van der Waals surface area contributed by atoms with Crippen LogP contribution in [0.5, 0.6) is 0 Å². The van der Waals surface area contributed by atoms with Gasteiger partial charge in [-0.3, -0.25) is 0 Å². The second kappa shape index (κ2) is 12.5. The van der Waals surface area contributed by atoms with Crippen LogP contribution in [0.25, 0.3) is 55.0 Å². The summed E-state index contributed by atoms with van der Waals surface area (Å²) in [4.78, 5) is 5.19. The first-order valence-corrected chi connectivity index (χ1v) is 21.4. The van der Waals surface area contributed by atoms with Crippen molar-refractivity contribution in [1.29, 1.82) is 0 Å². The monoisotopic (exact) mass is 771 g/mol. The Balaban J connectivity index is 1.11. The molecule has 1 unspecified atom stereocenters. The largest absolute Gasteiger partial charge is 0.314 e. The number of nitrogens with zero attached hydrogens (tertiary/aromatic N) is 3. The molecule has 13 rings (SSSR count). The normalized spacial score (nSPS) is 16.8. The molecular formula is C55H37N3S. The van der Waals surface area contributed by atoms with Crippen molar-refractivity contribution in [2.24, 2.45) is 0 Å². The molecule has 1 spiro atoms. The Kier molecular flexibility index (Phi) is 6.99. The van der Waals surface area contributed by atoms with Crippen LogP contribution in [0.15, 0.2) is 221 Å². The van der Waals surface area contributed by atoms with E-state index in [1.165, 1.54) is 98.4 Å². The Hall–Kier alpha value is -7.01. The topological polar surface area (TPSA) is 13.1 Å². The van der Waals surface area contributed by atoms with E-state index in [-0.39, 0.29) is 0 Å². The lowest BCUT2D eigenvalue weighted by molar-refractivity contribution is 0.659. The number of hydrogen-bond acceptors (Lipinski definition) is 2. The highest BCUT2D eigenvalue weighted by Gasteiger charge is 2.51. The third-order valence-corrected chi connectivity index (χ3v) is 14.2. The number of fused-ring (bicyclic) bond motifs is 14. The third-order valence-electron chi connectivity index (χ3n) is 13.0. The highest BCUT2D eigenvalue weighted by Crippen LogP contribution is 2.63. The molecule has 8 aromatic carbocycles. The van der Waals surface area contributed by atoms with Crippen molar-refractivity contribution in [2.75, 3.05) is 4.90 Å². The molecule has 2 aromatic heterocycles. The Morgan fingerprint density at radius 3 is 1.92 bits per heavy atom. The molecule has 0 N–H and O–H groups in total. The minimum atomic E-state index is -0.499. The van der Waals surface area contributed by atoms with Gasteiger partial charge in [-0.25, -0.2) is 0 Å². The minimum absolute atomic E-state index is 0.499. The summed E-state index contributed by atoms with van der Waals surface area (Å²) in [6.07, 6.45) is 6.85. The lowest BCUT2D eigenvalue weighted by Gasteiger charge is -2.50. The number of aromatic nitrogens is 2. The number of rotatable bonds is 3. The number of hydrogen-bond donors (Lipinski definition) is 0. The first-order chi connectivity index (χ1) is 29.3. The quantitative estimate of drug-likeness (QED) is 0.177. The van der Waals surface area contributed by atoms with Gasteiger partial charge in [0.25, 0.3) is 0 Å². The van der Waals surface area contributed by atoms with Gasteiger partial charge in [0, 0.05) is 54.1 Å². The predicted octanol–water partition coefficient (Wildman–Crippen LogP) is 14.4. The first-order valence-electron chi connectivity index (χ1n) is 20.6. The molecule has 4 heterocycles. The zero-order valence-corrected chi connectivity index (χ0v) is 33.0. The molecule has 1 aliphatic carbocycles. The average molecular weight is 772 g/mol. The van der Waals surface area contributed by atoms with Crippen molar-refractivity contribution >= 4 is 66.7 Å². The predicted molar refractivity (Wildman–Crippen MR) is 246 cm³/mol. The number of allylic oxidation sites excluding steroid dienone is 4. The van der Waals surface area contributed by atoms with Gasteiger partial charge in [0.05, 0.1) is 33.2 Å². The van der Waals surface area contributed by atoms with Crippen molar-refractivity contribution < 1.29 is 0 Å². The summed E-state index contributed by atoms with van der Waals surface area (Å²) < 4.78 is 4.90. The van der Waals surface area contributed by atoms with Crippen LogP contribution in [0.2, 0.25) is 0 Å². The second-order valence-electron chi connectivity index (χ2n) is 15.9. The zero-order chi connectivity index (χ0) is 38.7.